The van der Waals surface area contributed by atoms with Crippen LogP contribution in [0.2, 0.25) is 19.6 Å². The Morgan fingerprint density at radius 2 is 1.44 bits per heavy atom. The first kappa shape index (κ1) is 40.0. The first-order valence-electron chi connectivity index (χ1n) is 18.8. The van der Waals surface area contributed by atoms with Crippen LogP contribution in [0.3, 0.4) is 0 Å². The van der Waals surface area contributed by atoms with Crippen LogP contribution in [0.4, 0.5) is 4.39 Å². The average molecular weight is 922 g/mol. The first-order chi connectivity index (χ1) is 25.8. The molecule has 4 nitrogen and oxygen atoms in total. The number of pyridine rings is 1. The molecule has 2 aromatic heterocycles. The summed E-state index contributed by atoms with van der Waals surface area (Å²) in [5, 5.41) is 1.40. The minimum atomic E-state index is -1.23. The zero-order valence-electron chi connectivity index (χ0n) is 33.1. The molecule has 0 aliphatic carbocycles. The molecule has 7 heteroatoms. The summed E-state index contributed by atoms with van der Waals surface area (Å²) in [5.74, 6) is 2.38. The van der Waals surface area contributed by atoms with Gasteiger partial charge in [-0.25, -0.2) is 4.39 Å². The Morgan fingerprint density at radius 1 is 0.764 bits per heavy atom. The van der Waals surface area contributed by atoms with Gasteiger partial charge < -0.3 is 14.3 Å². The molecule has 0 saturated heterocycles. The van der Waals surface area contributed by atoms with Gasteiger partial charge in [-0.1, -0.05) is 115 Å². The van der Waals surface area contributed by atoms with Gasteiger partial charge in [-0.3, -0.25) is 4.98 Å². The van der Waals surface area contributed by atoms with Gasteiger partial charge in [0.15, 0.2) is 0 Å². The van der Waals surface area contributed by atoms with Crippen molar-refractivity contribution < 1.29 is 29.2 Å². The van der Waals surface area contributed by atoms with Gasteiger partial charge in [0.25, 0.3) is 0 Å². The largest absolute Gasteiger partial charge is 0.501 e. The van der Waals surface area contributed by atoms with Crippen LogP contribution >= 0.6 is 0 Å². The molecule has 0 bridgehead atoms. The van der Waals surface area contributed by atoms with Gasteiger partial charge in [0.1, 0.15) is 11.6 Å². The fourth-order valence-corrected chi connectivity index (χ4v) is 8.36. The van der Waals surface area contributed by atoms with Gasteiger partial charge in [-0.05, 0) is 64.2 Å². The summed E-state index contributed by atoms with van der Waals surface area (Å²) < 4.78 is 23.7. The number of hydrogen-bond acceptors (Lipinski definition) is 3. The van der Waals surface area contributed by atoms with Crippen molar-refractivity contribution in [3.63, 3.8) is 0 Å². The zero-order valence-corrected chi connectivity index (χ0v) is 36.5. The third-order valence-electron chi connectivity index (χ3n) is 10.4. The molecule has 1 aliphatic rings. The molecule has 0 atom stereocenters. The molecule has 0 amide bonds. The molecule has 0 unspecified atom stereocenters. The average Bonchev–Trinajstić information content (AvgIpc) is 3.54. The van der Waals surface area contributed by atoms with E-state index in [2.05, 4.69) is 119 Å². The predicted molar refractivity (Wildman–Crippen MR) is 224 cm³/mol. The zero-order chi connectivity index (χ0) is 38.4. The quantitative estimate of drug-likeness (QED) is 0.123. The fourth-order valence-electron chi connectivity index (χ4n) is 7.33. The number of para-hydroxylation sites is 3. The number of ether oxygens (including phenoxy) is 1. The summed E-state index contributed by atoms with van der Waals surface area (Å²) in [6.45, 7) is 19.9. The fraction of sp³-hybridized carbons (Fsp3) is 0.250. The van der Waals surface area contributed by atoms with Gasteiger partial charge >= 0.3 is 0 Å². The number of halogens is 1. The monoisotopic (exact) mass is 922 g/mol. The molecule has 1 aliphatic heterocycles. The van der Waals surface area contributed by atoms with Crippen LogP contribution < -0.4 is 9.92 Å². The van der Waals surface area contributed by atoms with Crippen molar-refractivity contribution in [3.05, 3.63) is 156 Å². The number of aromatic nitrogens is 3. The smallest absolute Gasteiger partial charge is 0.123 e. The summed E-state index contributed by atoms with van der Waals surface area (Å²) in [7, 11) is -1.23. The van der Waals surface area contributed by atoms with Crippen molar-refractivity contribution in [3.8, 4) is 39.8 Å². The number of hydrogen-bond donors (Lipinski definition) is 0. The van der Waals surface area contributed by atoms with E-state index in [1.54, 1.807) is 12.1 Å². The molecular weight excluding hydrogens is 874 g/mol. The van der Waals surface area contributed by atoms with Crippen molar-refractivity contribution >= 4 is 24.3 Å². The first-order valence-corrected chi connectivity index (χ1v) is 22.3. The molecular formula is C48H48FIrN3OSi-2. The summed E-state index contributed by atoms with van der Waals surface area (Å²) in [6.07, 6.45) is 2.02. The summed E-state index contributed by atoms with van der Waals surface area (Å²) >= 11 is 0. The van der Waals surface area contributed by atoms with Crippen LogP contribution in [0.25, 0.3) is 39.4 Å². The van der Waals surface area contributed by atoms with Crippen LogP contribution in [0.15, 0.2) is 115 Å². The maximum Gasteiger partial charge on any atom is 0.123 e. The molecule has 5 aromatic carbocycles. The molecule has 0 saturated carbocycles. The van der Waals surface area contributed by atoms with E-state index in [0.29, 0.717) is 0 Å². The SMILES string of the molecule is CC(C)c1cc(F)cc(C(C)C)c1-n1c(-c2[c-]ccc3c2Oc2ccccc2C3(C)C)nc2ccccc21.C[Si](C)(C)c1ccc(-c2[c-]cccc2)nc1.[Ir]. The maximum absolute atomic E-state index is 14.9. The summed E-state index contributed by atoms with van der Waals surface area (Å²) in [5.41, 5.74) is 9.59. The molecule has 8 rings (SSSR count). The van der Waals surface area contributed by atoms with E-state index in [-0.39, 0.29) is 43.2 Å². The Labute approximate surface area is 340 Å². The van der Waals surface area contributed by atoms with E-state index in [9.17, 15) is 4.39 Å². The number of rotatable bonds is 6. The number of nitrogens with zero attached hydrogens (tertiary/aromatic N) is 3. The van der Waals surface area contributed by atoms with Crippen molar-refractivity contribution in [1.82, 2.24) is 14.5 Å². The number of fused-ring (bicyclic) bond motifs is 3. The van der Waals surface area contributed by atoms with Crippen LogP contribution in [0.1, 0.15) is 75.6 Å². The normalized spacial score (nSPS) is 13.0. The van der Waals surface area contributed by atoms with Crippen molar-refractivity contribution in [1.29, 1.82) is 0 Å². The van der Waals surface area contributed by atoms with Crippen molar-refractivity contribution in [2.75, 3.05) is 0 Å². The summed E-state index contributed by atoms with van der Waals surface area (Å²) in [4.78, 5) is 9.67. The van der Waals surface area contributed by atoms with E-state index in [0.717, 1.165) is 73.1 Å². The van der Waals surface area contributed by atoms with Gasteiger partial charge in [-0.15, -0.1) is 54.1 Å². The molecule has 3 heterocycles. The van der Waals surface area contributed by atoms with Crippen LogP contribution in [-0.2, 0) is 25.5 Å². The minimum Gasteiger partial charge on any atom is -0.501 e. The molecule has 1 radical (unpaired) electrons. The minimum absolute atomic E-state index is 0. The van der Waals surface area contributed by atoms with E-state index in [4.69, 9.17) is 9.72 Å². The van der Waals surface area contributed by atoms with Crippen molar-refractivity contribution in [2.45, 2.75) is 78.4 Å². The van der Waals surface area contributed by atoms with Crippen LogP contribution in [0, 0.1) is 17.9 Å². The molecule has 0 N–H and O–H groups in total. The second-order valence-corrected chi connectivity index (χ2v) is 21.4. The Kier molecular flexibility index (Phi) is 11.5. The summed E-state index contributed by atoms with van der Waals surface area (Å²) in [6, 6.07) is 42.7. The maximum atomic E-state index is 14.9. The van der Waals surface area contributed by atoms with Crippen LogP contribution in [0.5, 0.6) is 11.5 Å². The molecule has 0 spiro atoms. The standard InChI is InChI=1S/C34H32FN2O.C14H16NSi.Ir/c1-20(2)24-18-22(35)19-25(21(3)4)31(24)37-29-16-9-8-15-28(29)36-33(37)23-12-11-14-27-32(23)38-30-17-10-7-13-26(30)34(27,5)6;1-16(2,3)13-9-10-14(15-11-13)12-7-5-4-6-8-12;/h7-11,13-21H,1-6H3;4-7,9-11H,1-3H3;/q2*-1;. The topological polar surface area (TPSA) is 39.9 Å². The van der Waals surface area contributed by atoms with E-state index < -0.39 is 8.07 Å². The Bertz CT molecular complexity index is 2420. The van der Waals surface area contributed by atoms with E-state index in [1.807, 2.05) is 66.9 Å². The van der Waals surface area contributed by atoms with Crippen LogP contribution in [-0.4, -0.2) is 22.6 Å². The molecule has 0 fully saturated rings. The number of benzene rings is 5. The molecule has 55 heavy (non-hydrogen) atoms. The van der Waals surface area contributed by atoms with Gasteiger partial charge in [-0.2, -0.15) is 0 Å². The number of imidazole rings is 1. The Hall–Kier alpha value is -4.68. The van der Waals surface area contributed by atoms with Gasteiger partial charge in [0, 0.05) is 48.7 Å². The Morgan fingerprint density at radius 3 is 2.07 bits per heavy atom. The second kappa shape index (κ2) is 15.8. The van der Waals surface area contributed by atoms with E-state index in [1.165, 1.54) is 5.19 Å². The third-order valence-corrected chi connectivity index (χ3v) is 12.4. The van der Waals surface area contributed by atoms with Gasteiger partial charge in [0.05, 0.1) is 24.9 Å². The molecule has 283 valence electrons. The van der Waals surface area contributed by atoms with Gasteiger partial charge in [0.2, 0.25) is 0 Å². The molecule has 7 aromatic rings. The predicted octanol–water partition coefficient (Wildman–Crippen LogP) is 12.4. The van der Waals surface area contributed by atoms with Crippen molar-refractivity contribution in [2.24, 2.45) is 0 Å². The second-order valence-electron chi connectivity index (χ2n) is 16.3. The van der Waals surface area contributed by atoms with E-state index >= 15 is 0 Å². The Balaban J connectivity index is 0.000000254. The third kappa shape index (κ3) is 7.76.